The second-order valence-electron chi connectivity index (χ2n) is 7.66. The van der Waals surface area contributed by atoms with E-state index >= 15 is 0 Å². The number of carbonyl (C=O) groups is 1. The van der Waals surface area contributed by atoms with E-state index in [0.717, 1.165) is 17.7 Å². The molecule has 1 fully saturated rings. The number of nitrogens with zero attached hydrogens (tertiary/aromatic N) is 1. The maximum atomic E-state index is 13.5. The molecular weight excluding hydrogens is 376 g/mol. The summed E-state index contributed by atoms with van der Waals surface area (Å²) in [6.45, 7) is 10.1. The molecule has 3 rings (SSSR count). The Labute approximate surface area is 166 Å². The molecule has 0 aliphatic carbocycles. The molecule has 7 heteroatoms. The van der Waals surface area contributed by atoms with Crippen LogP contribution in [-0.2, 0) is 19.4 Å². The normalized spacial score (nSPS) is 17.3. The van der Waals surface area contributed by atoms with Crippen LogP contribution < -0.4 is 5.32 Å². The van der Waals surface area contributed by atoms with Gasteiger partial charge in [-0.3, -0.25) is 4.79 Å². The van der Waals surface area contributed by atoms with Gasteiger partial charge in [0.15, 0.2) is 0 Å². The van der Waals surface area contributed by atoms with Gasteiger partial charge in [-0.05, 0) is 65.2 Å². The van der Waals surface area contributed by atoms with Crippen LogP contribution in [-0.4, -0.2) is 31.6 Å². The molecule has 1 aliphatic rings. The van der Waals surface area contributed by atoms with Crippen LogP contribution in [0, 0.1) is 20.8 Å². The Morgan fingerprint density at radius 3 is 2.36 bits per heavy atom. The molecule has 1 saturated heterocycles. The lowest BCUT2D eigenvalue weighted by atomic mass is 10.2. The van der Waals surface area contributed by atoms with Gasteiger partial charge in [-0.25, -0.2) is 8.42 Å². The number of benzene rings is 1. The van der Waals surface area contributed by atoms with Gasteiger partial charge in [0.1, 0.15) is 16.8 Å². The van der Waals surface area contributed by atoms with Crippen molar-refractivity contribution in [1.82, 2.24) is 4.57 Å². The molecule has 6 nitrogen and oxygen atoms in total. The highest BCUT2D eigenvalue weighted by Crippen LogP contribution is 2.37. The highest BCUT2D eigenvalue weighted by atomic mass is 32.2. The highest BCUT2D eigenvalue weighted by Gasteiger charge is 2.33. The Balaban J connectivity index is 2.15. The second kappa shape index (κ2) is 7.72. The van der Waals surface area contributed by atoms with Gasteiger partial charge in [0.05, 0.1) is 4.90 Å². The molecule has 1 amide bonds. The third-order valence-corrected chi connectivity index (χ3v) is 7.21. The lowest BCUT2D eigenvalue weighted by molar-refractivity contribution is -0.124. The number of carbonyl (C=O) groups excluding carboxylic acids is 1. The van der Waals surface area contributed by atoms with Crippen LogP contribution in [0.1, 0.15) is 49.6 Å². The van der Waals surface area contributed by atoms with Crippen molar-refractivity contribution in [2.24, 2.45) is 0 Å². The summed E-state index contributed by atoms with van der Waals surface area (Å²) in [5.41, 5.74) is 2.46. The van der Waals surface area contributed by atoms with Gasteiger partial charge in [0, 0.05) is 18.3 Å². The maximum absolute atomic E-state index is 13.5. The quantitative estimate of drug-likeness (QED) is 0.819. The van der Waals surface area contributed by atoms with Gasteiger partial charge >= 0.3 is 0 Å². The van der Waals surface area contributed by atoms with Gasteiger partial charge < -0.3 is 14.6 Å². The molecule has 1 aromatic heterocycles. The first kappa shape index (κ1) is 20.6. The Bertz CT molecular complexity index is 982. The molecule has 1 aliphatic heterocycles. The van der Waals surface area contributed by atoms with E-state index in [-0.39, 0.29) is 21.7 Å². The first-order valence-electron chi connectivity index (χ1n) is 9.60. The number of hydrogen-bond acceptors (Lipinski definition) is 4. The van der Waals surface area contributed by atoms with Crippen molar-refractivity contribution in [3.63, 3.8) is 0 Å². The van der Waals surface area contributed by atoms with Crippen molar-refractivity contribution < 1.29 is 17.9 Å². The molecule has 152 valence electrons. The summed E-state index contributed by atoms with van der Waals surface area (Å²) in [6.07, 6.45) is 0.938. The Morgan fingerprint density at radius 2 is 1.82 bits per heavy atom. The number of aryl methyl sites for hydroxylation is 1. The van der Waals surface area contributed by atoms with Gasteiger partial charge in [-0.15, -0.1) is 0 Å². The van der Waals surface area contributed by atoms with Gasteiger partial charge in [0.2, 0.25) is 9.84 Å². The minimum atomic E-state index is -3.80. The van der Waals surface area contributed by atoms with E-state index in [0.29, 0.717) is 24.4 Å². The summed E-state index contributed by atoms with van der Waals surface area (Å²) >= 11 is 0. The molecule has 0 spiro atoms. The van der Waals surface area contributed by atoms with Crippen molar-refractivity contribution in [2.45, 2.75) is 69.4 Å². The molecule has 0 bridgehead atoms. The van der Waals surface area contributed by atoms with Crippen LogP contribution in [0.2, 0.25) is 0 Å². The monoisotopic (exact) mass is 404 g/mol. The smallest absolute Gasteiger partial charge is 0.254 e. The summed E-state index contributed by atoms with van der Waals surface area (Å²) < 4.78 is 34.3. The third-order valence-electron chi connectivity index (χ3n) is 5.28. The zero-order valence-corrected chi connectivity index (χ0v) is 17.9. The average molecular weight is 405 g/mol. The predicted molar refractivity (Wildman–Crippen MR) is 109 cm³/mol. The van der Waals surface area contributed by atoms with Crippen molar-refractivity contribution >= 4 is 21.6 Å². The van der Waals surface area contributed by atoms with E-state index in [2.05, 4.69) is 5.32 Å². The summed E-state index contributed by atoms with van der Waals surface area (Å²) in [5.74, 6) is 0.0309. The van der Waals surface area contributed by atoms with Crippen molar-refractivity contribution in [3.8, 4) is 0 Å². The summed E-state index contributed by atoms with van der Waals surface area (Å²) in [7, 11) is -3.80. The Morgan fingerprint density at radius 1 is 1.18 bits per heavy atom. The standard InChI is InChI=1S/C21H28N2O4S/c1-13(2)23-16(5)15(4)19(20(23)22-21(24)18-7-6-12-27-18)28(25,26)17-10-8-14(3)9-11-17/h8-11,13,18H,6-7,12H2,1-5H3,(H,22,24). The SMILES string of the molecule is Cc1ccc(S(=O)(=O)c2c(C)c(C)n(C(C)C)c2NC(=O)C2CCCO2)cc1. The topological polar surface area (TPSA) is 77.4 Å². The summed E-state index contributed by atoms with van der Waals surface area (Å²) in [5, 5.41) is 2.87. The molecule has 2 aromatic rings. The molecule has 0 radical (unpaired) electrons. The van der Waals surface area contributed by atoms with E-state index in [4.69, 9.17) is 4.74 Å². The number of sulfone groups is 1. The van der Waals surface area contributed by atoms with E-state index < -0.39 is 15.9 Å². The van der Waals surface area contributed by atoms with Crippen LogP contribution in [0.25, 0.3) is 0 Å². The number of amides is 1. The van der Waals surface area contributed by atoms with Crippen LogP contribution in [0.3, 0.4) is 0 Å². The third kappa shape index (κ3) is 3.61. The summed E-state index contributed by atoms with van der Waals surface area (Å²) in [4.78, 5) is 13.1. The van der Waals surface area contributed by atoms with Crippen molar-refractivity contribution in [1.29, 1.82) is 0 Å². The zero-order valence-electron chi connectivity index (χ0n) is 17.1. The van der Waals surface area contributed by atoms with Crippen LogP contribution in [0.5, 0.6) is 0 Å². The number of rotatable bonds is 5. The highest BCUT2D eigenvalue weighted by molar-refractivity contribution is 7.91. The Hall–Kier alpha value is -2.12. The number of anilines is 1. The van der Waals surface area contributed by atoms with Crippen LogP contribution >= 0.6 is 0 Å². The fraction of sp³-hybridized carbons (Fsp3) is 0.476. The molecule has 1 unspecified atom stereocenters. The fourth-order valence-corrected chi connectivity index (χ4v) is 5.39. The minimum Gasteiger partial charge on any atom is -0.368 e. The summed E-state index contributed by atoms with van der Waals surface area (Å²) in [6, 6.07) is 6.76. The largest absolute Gasteiger partial charge is 0.368 e. The van der Waals surface area contributed by atoms with Crippen molar-refractivity contribution in [3.05, 3.63) is 41.1 Å². The first-order valence-corrected chi connectivity index (χ1v) is 11.1. The van der Waals surface area contributed by atoms with Crippen molar-refractivity contribution in [2.75, 3.05) is 11.9 Å². The minimum absolute atomic E-state index is 0.0135. The van der Waals surface area contributed by atoms with E-state index in [1.807, 2.05) is 32.3 Å². The molecule has 1 atom stereocenters. The maximum Gasteiger partial charge on any atom is 0.254 e. The van der Waals surface area contributed by atoms with Crippen LogP contribution in [0.4, 0.5) is 5.82 Å². The Kier molecular flexibility index (Phi) is 5.68. The lowest BCUT2D eigenvalue weighted by Crippen LogP contribution is -2.29. The first-order chi connectivity index (χ1) is 13.1. The van der Waals surface area contributed by atoms with E-state index in [9.17, 15) is 13.2 Å². The number of nitrogens with one attached hydrogen (secondary N) is 1. The molecule has 28 heavy (non-hydrogen) atoms. The second-order valence-corrected chi connectivity index (χ2v) is 9.55. The van der Waals surface area contributed by atoms with E-state index in [1.54, 1.807) is 31.2 Å². The number of aromatic nitrogens is 1. The van der Waals surface area contributed by atoms with Gasteiger partial charge in [-0.2, -0.15) is 0 Å². The molecular formula is C21H28N2O4S. The van der Waals surface area contributed by atoms with E-state index in [1.165, 1.54) is 0 Å². The molecule has 2 heterocycles. The van der Waals surface area contributed by atoms with Gasteiger partial charge in [0.25, 0.3) is 5.91 Å². The lowest BCUT2D eigenvalue weighted by Gasteiger charge is -2.19. The predicted octanol–water partition coefficient (Wildman–Crippen LogP) is 3.94. The fourth-order valence-electron chi connectivity index (χ4n) is 3.71. The molecule has 0 saturated carbocycles. The van der Waals surface area contributed by atoms with Crippen LogP contribution in [0.15, 0.2) is 34.1 Å². The molecule has 1 aromatic carbocycles. The van der Waals surface area contributed by atoms with Gasteiger partial charge in [-0.1, -0.05) is 17.7 Å². The zero-order chi connectivity index (χ0) is 20.6. The average Bonchev–Trinajstić information content (AvgIpc) is 3.23. The number of ether oxygens (including phenoxy) is 1. The molecule has 1 N–H and O–H groups in total. The number of hydrogen-bond donors (Lipinski definition) is 1.